The van der Waals surface area contributed by atoms with Gasteiger partial charge in [-0.15, -0.1) is 0 Å². The van der Waals surface area contributed by atoms with E-state index in [4.69, 9.17) is 4.74 Å². The summed E-state index contributed by atoms with van der Waals surface area (Å²) in [4.78, 5) is 2.70. The average molecular weight is 318 g/mol. The Balaban J connectivity index is 1.87. The van der Waals surface area contributed by atoms with Crippen LogP contribution >= 0.6 is 0 Å². The smallest absolute Gasteiger partial charge is 0.118 e. The Morgan fingerprint density at radius 1 is 1.00 bits per heavy atom. The highest BCUT2D eigenvalue weighted by molar-refractivity contribution is 5.27. The van der Waals surface area contributed by atoms with Crippen molar-refractivity contribution in [3.05, 3.63) is 29.8 Å². The molecule has 0 saturated heterocycles. The maximum absolute atomic E-state index is 5.27. The number of unbranched alkanes of at least 4 members (excludes halogenated alkanes) is 3. The van der Waals surface area contributed by atoms with Crippen molar-refractivity contribution in [3.63, 3.8) is 0 Å². The van der Waals surface area contributed by atoms with Crippen LogP contribution in [0.1, 0.15) is 70.3 Å². The molecule has 1 fully saturated rings. The molecular formula is C21H35NO. The molecule has 130 valence electrons. The zero-order valence-corrected chi connectivity index (χ0v) is 15.2. The molecule has 0 unspecified atom stereocenters. The Morgan fingerprint density at radius 2 is 1.74 bits per heavy atom. The fourth-order valence-electron chi connectivity index (χ4n) is 3.72. The highest BCUT2D eigenvalue weighted by atomic mass is 16.5. The molecule has 2 nitrogen and oxygen atoms in total. The van der Waals surface area contributed by atoms with Crippen LogP contribution in [0, 0.1) is 5.92 Å². The Bertz CT molecular complexity index is 408. The van der Waals surface area contributed by atoms with E-state index < -0.39 is 0 Å². The summed E-state index contributed by atoms with van der Waals surface area (Å²) in [6, 6.07) is 8.62. The van der Waals surface area contributed by atoms with Crippen LogP contribution in [0.3, 0.4) is 0 Å². The third kappa shape index (κ3) is 6.95. The minimum atomic E-state index is 0.924. The normalized spacial score (nSPS) is 16.0. The van der Waals surface area contributed by atoms with Crippen LogP contribution in [-0.2, 0) is 6.54 Å². The van der Waals surface area contributed by atoms with Crippen molar-refractivity contribution in [2.75, 3.05) is 20.2 Å². The molecule has 0 aromatic heterocycles. The number of rotatable bonds is 10. The lowest BCUT2D eigenvalue weighted by Crippen LogP contribution is -2.31. The van der Waals surface area contributed by atoms with Gasteiger partial charge in [-0.3, -0.25) is 4.90 Å². The van der Waals surface area contributed by atoms with Gasteiger partial charge < -0.3 is 4.74 Å². The van der Waals surface area contributed by atoms with E-state index in [1.165, 1.54) is 76.4 Å². The topological polar surface area (TPSA) is 12.5 Å². The molecule has 0 N–H and O–H groups in total. The van der Waals surface area contributed by atoms with Gasteiger partial charge in [0.1, 0.15) is 5.75 Å². The van der Waals surface area contributed by atoms with E-state index in [2.05, 4.69) is 36.1 Å². The molecular weight excluding hydrogens is 282 g/mol. The van der Waals surface area contributed by atoms with Crippen molar-refractivity contribution in [2.24, 2.45) is 5.92 Å². The van der Waals surface area contributed by atoms with E-state index in [0.717, 1.165) is 18.2 Å². The zero-order chi connectivity index (χ0) is 16.3. The molecule has 0 radical (unpaired) electrons. The lowest BCUT2D eigenvalue weighted by molar-refractivity contribution is 0.190. The molecule has 1 aromatic carbocycles. The molecule has 0 amide bonds. The Labute approximate surface area is 143 Å². The number of ether oxygens (including phenoxy) is 1. The molecule has 0 spiro atoms. The number of methoxy groups -OCH3 is 1. The zero-order valence-electron chi connectivity index (χ0n) is 15.2. The lowest BCUT2D eigenvalue weighted by atomic mass is 9.89. The van der Waals surface area contributed by atoms with Crippen LogP contribution in [0.4, 0.5) is 0 Å². The lowest BCUT2D eigenvalue weighted by Gasteiger charge is -2.30. The number of benzene rings is 1. The molecule has 0 atom stereocenters. The summed E-state index contributed by atoms with van der Waals surface area (Å²) >= 11 is 0. The largest absolute Gasteiger partial charge is 0.497 e. The average Bonchev–Trinajstić information content (AvgIpc) is 2.60. The first-order valence-electron chi connectivity index (χ1n) is 9.67. The highest BCUT2D eigenvalue weighted by Gasteiger charge is 2.17. The first kappa shape index (κ1) is 18.3. The van der Waals surface area contributed by atoms with E-state index in [9.17, 15) is 0 Å². The minimum absolute atomic E-state index is 0.924. The Hall–Kier alpha value is -1.02. The molecule has 2 heteroatoms. The van der Waals surface area contributed by atoms with Crippen LogP contribution in [0.5, 0.6) is 5.75 Å². The number of nitrogens with zero attached hydrogens (tertiary/aromatic N) is 1. The van der Waals surface area contributed by atoms with Crippen LogP contribution in [-0.4, -0.2) is 25.1 Å². The monoisotopic (exact) mass is 317 g/mol. The van der Waals surface area contributed by atoms with Crippen molar-refractivity contribution in [2.45, 2.75) is 71.3 Å². The van der Waals surface area contributed by atoms with Gasteiger partial charge in [0.2, 0.25) is 0 Å². The van der Waals surface area contributed by atoms with E-state index in [0.29, 0.717) is 0 Å². The maximum atomic E-state index is 5.27. The SMILES string of the molecule is CCCCCCN(Cc1ccc(OC)cc1)CC1CCCCC1. The summed E-state index contributed by atoms with van der Waals surface area (Å²) in [5.74, 6) is 1.88. The summed E-state index contributed by atoms with van der Waals surface area (Å²) in [7, 11) is 1.73. The van der Waals surface area contributed by atoms with Crippen LogP contribution in [0.25, 0.3) is 0 Å². The summed E-state index contributed by atoms with van der Waals surface area (Å²) in [5, 5.41) is 0. The first-order valence-corrected chi connectivity index (χ1v) is 9.67. The molecule has 1 saturated carbocycles. The van der Waals surface area contributed by atoms with E-state index >= 15 is 0 Å². The van der Waals surface area contributed by atoms with Gasteiger partial charge in [-0.05, 0) is 49.4 Å². The predicted molar refractivity (Wildman–Crippen MR) is 99.0 cm³/mol. The number of hydrogen-bond acceptors (Lipinski definition) is 2. The Morgan fingerprint density at radius 3 is 2.39 bits per heavy atom. The van der Waals surface area contributed by atoms with Crippen LogP contribution < -0.4 is 4.74 Å². The van der Waals surface area contributed by atoms with E-state index in [-0.39, 0.29) is 0 Å². The third-order valence-corrected chi connectivity index (χ3v) is 5.13. The fourth-order valence-corrected chi connectivity index (χ4v) is 3.72. The molecule has 1 aliphatic rings. The van der Waals surface area contributed by atoms with Crippen molar-refractivity contribution in [1.29, 1.82) is 0 Å². The van der Waals surface area contributed by atoms with Gasteiger partial charge in [0.05, 0.1) is 7.11 Å². The van der Waals surface area contributed by atoms with Crippen molar-refractivity contribution < 1.29 is 4.74 Å². The van der Waals surface area contributed by atoms with Gasteiger partial charge >= 0.3 is 0 Å². The molecule has 1 aliphatic carbocycles. The highest BCUT2D eigenvalue weighted by Crippen LogP contribution is 2.25. The number of hydrogen-bond donors (Lipinski definition) is 0. The van der Waals surface area contributed by atoms with Gasteiger partial charge in [-0.2, -0.15) is 0 Å². The van der Waals surface area contributed by atoms with Crippen LogP contribution in [0.2, 0.25) is 0 Å². The van der Waals surface area contributed by atoms with Crippen molar-refractivity contribution in [3.8, 4) is 5.75 Å². The molecule has 2 rings (SSSR count). The van der Waals surface area contributed by atoms with Crippen molar-refractivity contribution >= 4 is 0 Å². The fraction of sp³-hybridized carbons (Fsp3) is 0.714. The summed E-state index contributed by atoms with van der Waals surface area (Å²) in [5.41, 5.74) is 1.41. The quantitative estimate of drug-likeness (QED) is 0.516. The summed E-state index contributed by atoms with van der Waals surface area (Å²) in [6.07, 6.45) is 12.6. The molecule has 0 heterocycles. The van der Waals surface area contributed by atoms with Gasteiger partial charge in [-0.25, -0.2) is 0 Å². The van der Waals surface area contributed by atoms with E-state index in [1.54, 1.807) is 7.11 Å². The second kappa shape index (κ2) is 10.7. The summed E-state index contributed by atoms with van der Waals surface area (Å²) in [6.45, 7) is 5.92. The van der Waals surface area contributed by atoms with Crippen LogP contribution in [0.15, 0.2) is 24.3 Å². The second-order valence-corrected chi connectivity index (χ2v) is 7.15. The summed E-state index contributed by atoms with van der Waals surface area (Å²) < 4.78 is 5.27. The van der Waals surface area contributed by atoms with Gasteiger partial charge in [0.15, 0.2) is 0 Å². The van der Waals surface area contributed by atoms with Crippen molar-refractivity contribution in [1.82, 2.24) is 4.90 Å². The Kier molecular flexibility index (Phi) is 8.52. The minimum Gasteiger partial charge on any atom is -0.497 e. The maximum Gasteiger partial charge on any atom is 0.118 e. The van der Waals surface area contributed by atoms with Gasteiger partial charge in [-0.1, -0.05) is 57.6 Å². The predicted octanol–water partition coefficient (Wildman–Crippen LogP) is 5.66. The third-order valence-electron chi connectivity index (χ3n) is 5.13. The molecule has 0 bridgehead atoms. The second-order valence-electron chi connectivity index (χ2n) is 7.15. The first-order chi connectivity index (χ1) is 11.3. The van der Waals surface area contributed by atoms with Gasteiger partial charge in [0, 0.05) is 13.1 Å². The molecule has 0 aliphatic heterocycles. The standard InChI is InChI=1S/C21H35NO/c1-3-4-5-9-16-22(17-19-10-7-6-8-11-19)18-20-12-14-21(23-2)15-13-20/h12-15,19H,3-11,16-18H2,1-2H3. The van der Waals surface area contributed by atoms with E-state index in [1.807, 2.05) is 0 Å². The molecule has 1 aromatic rings. The van der Waals surface area contributed by atoms with Gasteiger partial charge in [0.25, 0.3) is 0 Å². The molecule has 23 heavy (non-hydrogen) atoms.